The monoisotopic (exact) mass is 378 g/mol. The van der Waals surface area contributed by atoms with Crippen molar-refractivity contribution in [3.05, 3.63) is 84.2 Å². The van der Waals surface area contributed by atoms with Crippen molar-refractivity contribution in [2.45, 2.75) is 6.04 Å². The molecule has 1 unspecified atom stereocenters. The smallest absolute Gasteiger partial charge is 0.245 e. The molecule has 4 N–H and O–H groups in total. The van der Waals surface area contributed by atoms with Crippen LogP contribution in [0.15, 0.2) is 67.0 Å². The lowest BCUT2D eigenvalue weighted by Gasteiger charge is -2.14. The zero-order valence-corrected chi connectivity index (χ0v) is 14.6. The average molecular weight is 378 g/mol. The molecule has 1 atom stereocenters. The molecule has 1 amide bonds. The molecule has 0 saturated heterocycles. The minimum Gasteiger partial charge on any atom is -0.346 e. The van der Waals surface area contributed by atoms with Gasteiger partial charge in [0.15, 0.2) is 0 Å². The summed E-state index contributed by atoms with van der Waals surface area (Å²) in [5.74, 6) is -2.17. The third kappa shape index (κ3) is 3.35. The fourth-order valence-electron chi connectivity index (χ4n) is 3.06. The van der Waals surface area contributed by atoms with Gasteiger partial charge in [-0.1, -0.05) is 18.2 Å². The van der Waals surface area contributed by atoms with Crippen LogP contribution in [0.3, 0.4) is 0 Å². The summed E-state index contributed by atoms with van der Waals surface area (Å²) in [6.45, 7) is 0. The first kappa shape index (κ1) is 17.8. The Morgan fingerprint density at radius 2 is 1.86 bits per heavy atom. The second-order valence-electron chi connectivity index (χ2n) is 6.31. The maximum atomic E-state index is 13.8. The largest absolute Gasteiger partial charge is 0.346 e. The van der Waals surface area contributed by atoms with E-state index >= 15 is 0 Å². The number of aromatic nitrogens is 2. The number of nitrogens with one attached hydrogen (secondary N) is 2. The first-order valence-electron chi connectivity index (χ1n) is 8.57. The van der Waals surface area contributed by atoms with Crippen LogP contribution < -0.4 is 11.1 Å². The molecular weight excluding hydrogens is 362 g/mol. The highest BCUT2D eigenvalue weighted by molar-refractivity contribution is 5.96. The molecule has 7 heteroatoms. The topological polar surface area (TPSA) is 83.8 Å². The number of carbonyl (C=O) groups excluding carboxylic acids is 1. The van der Waals surface area contributed by atoms with Gasteiger partial charge < -0.3 is 16.0 Å². The lowest BCUT2D eigenvalue weighted by molar-refractivity contribution is -0.117. The molecule has 0 aliphatic rings. The minimum atomic E-state index is -1.25. The van der Waals surface area contributed by atoms with Gasteiger partial charge in [0.2, 0.25) is 5.91 Å². The molecule has 28 heavy (non-hydrogen) atoms. The van der Waals surface area contributed by atoms with Crippen molar-refractivity contribution in [2.24, 2.45) is 5.73 Å². The number of hydrogen-bond acceptors (Lipinski definition) is 3. The number of nitrogens with zero attached hydrogens (tertiary/aromatic N) is 1. The number of benzene rings is 2. The van der Waals surface area contributed by atoms with Gasteiger partial charge in [-0.05, 0) is 41.5 Å². The van der Waals surface area contributed by atoms with Gasteiger partial charge in [0.05, 0.1) is 0 Å². The zero-order chi connectivity index (χ0) is 19.7. The lowest BCUT2D eigenvalue weighted by atomic mass is 10.0. The number of hydrogen-bond donors (Lipinski definition) is 3. The van der Waals surface area contributed by atoms with E-state index in [1.807, 2.05) is 30.5 Å². The van der Waals surface area contributed by atoms with Gasteiger partial charge in [-0.2, -0.15) is 0 Å². The molecule has 0 spiro atoms. The Kier molecular flexibility index (Phi) is 4.58. The highest BCUT2D eigenvalue weighted by atomic mass is 19.1. The van der Waals surface area contributed by atoms with Crippen molar-refractivity contribution in [3.8, 4) is 11.1 Å². The van der Waals surface area contributed by atoms with Gasteiger partial charge in [-0.3, -0.25) is 4.79 Å². The predicted octanol–water partition coefficient (Wildman–Crippen LogP) is 4.15. The molecule has 0 saturated carbocycles. The molecule has 0 aliphatic carbocycles. The molecule has 2 aromatic carbocycles. The highest BCUT2D eigenvalue weighted by Gasteiger charge is 2.20. The number of aromatic amines is 1. The number of H-pyrrole nitrogens is 1. The normalized spacial score (nSPS) is 12.1. The van der Waals surface area contributed by atoms with Gasteiger partial charge in [-0.25, -0.2) is 13.8 Å². The zero-order valence-electron chi connectivity index (χ0n) is 14.6. The molecule has 4 aromatic rings. The average Bonchev–Trinajstić information content (AvgIpc) is 3.17. The van der Waals surface area contributed by atoms with E-state index in [4.69, 9.17) is 5.73 Å². The van der Waals surface area contributed by atoms with Crippen molar-refractivity contribution in [3.63, 3.8) is 0 Å². The van der Waals surface area contributed by atoms with Crippen molar-refractivity contribution in [1.29, 1.82) is 0 Å². The summed E-state index contributed by atoms with van der Waals surface area (Å²) in [5, 5.41) is 3.64. The van der Waals surface area contributed by atoms with Crippen molar-refractivity contribution >= 4 is 22.6 Å². The molecular formula is C21H16F2N4O. The third-order valence-corrected chi connectivity index (χ3v) is 4.50. The number of fused-ring (bicyclic) bond motifs is 1. The lowest BCUT2D eigenvalue weighted by Crippen LogP contribution is -2.28. The molecule has 5 nitrogen and oxygen atoms in total. The summed E-state index contributed by atoms with van der Waals surface area (Å²) in [5.41, 5.74) is 9.04. The van der Waals surface area contributed by atoms with Gasteiger partial charge >= 0.3 is 0 Å². The fraction of sp³-hybridized carbons (Fsp3) is 0.0476. The van der Waals surface area contributed by atoms with Crippen LogP contribution in [0.2, 0.25) is 0 Å². The van der Waals surface area contributed by atoms with Gasteiger partial charge in [0.1, 0.15) is 23.3 Å². The number of amides is 1. The SMILES string of the molecule is NC(C(=O)Nc1ccc(-c2ccnc3[nH]ccc23)cc1)c1ccc(F)cc1F. The highest BCUT2D eigenvalue weighted by Crippen LogP contribution is 2.28. The van der Waals surface area contributed by atoms with Crippen LogP contribution in [0.25, 0.3) is 22.2 Å². The molecule has 0 bridgehead atoms. The number of pyridine rings is 1. The quantitative estimate of drug-likeness (QED) is 0.499. The first-order chi connectivity index (χ1) is 13.5. The molecule has 4 rings (SSSR count). The number of anilines is 1. The van der Waals surface area contributed by atoms with Crippen molar-refractivity contribution in [2.75, 3.05) is 5.32 Å². The Morgan fingerprint density at radius 3 is 2.61 bits per heavy atom. The predicted molar refractivity (Wildman–Crippen MR) is 103 cm³/mol. The van der Waals surface area contributed by atoms with E-state index in [9.17, 15) is 13.6 Å². The Bertz CT molecular complexity index is 1150. The van der Waals surface area contributed by atoms with Crippen LogP contribution in [0.5, 0.6) is 0 Å². The van der Waals surface area contributed by atoms with Crippen LogP contribution in [-0.4, -0.2) is 15.9 Å². The van der Waals surface area contributed by atoms with E-state index in [2.05, 4.69) is 15.3 Å². The fourth-order valence-corrected chi connectivity index (χ4v) is 3.06. The Labute approximate surface area is 159 Å². The van der Waals surface area contributed by atoms with Crippen molar-refractivity contribution in [1.82, 2.24) is 9.97 Å². The summed E-state index contributed by atoms with van der Waals surface area (Å²) in [6, 6.07) is 12.7. The molecule has 0 aliphatic heterocycles. The summed E-state index contributed by atoms with van der Waals surface area (Å²) in [4.78, 5) is 19.7. The maximum absolute atomic E-state index is 13.8. The Hall–Kier alpha value is -3.58. The molecule has 0 fully saturated rings. The van der Waals surface area contributed by atoms with Crippen LogP contribution >= 0.6 is 0 Å². The Morgan fingerprint density at radius 1 is 1.07 bits per heavy atom. The van der Waals surface area contributed by atoms with Crippen molar-refractivity contribution < 1.29 is 13.6 Å². The number of halogens is 2. The maximum Gasteiger partial charge on any atom is 0.245 e. The number of nitrogens with two attached hydrogens (primary N) is 1. The third-order valence-electron chi connectivity index (χ3n) is 4.50. The van der Waals surface area contributed by atoms with E-state index < -0.39 is 23.6 Å². The second-order valence-corrected chi connectivity index (χ2v) is 6.31. The van der Waals surface area contributed by atoms with Gasteiger partial charge in [-0.15, -0.1) is 0 Å². The molecule has 0 radical (unpaired) electrons. The summed E-state index contributed by atoms with van der Waals surface area (Å²) in [7, 11) is 0. The summed E-state index contributed by atoms with van der Waals surface area (Å²) < 4.78 is 26.9. The minimum absolute atomic E-state index is 0.0674. The summed E-state index contributed by atoms with van der Waals surface area (Å²) >= 11 is 0. The number of rotatable bonds is 4. The van der Waals surface area contributed by atoms with Crippen LogP contribution in [-0.2, 0) is 4.79 Å². The number of carbonyl (C=O) groups is 1. The van der Waals surface area contributed by atoms with E-state index in [0.29, 0.717) is 11.8 Å². The Balaban J connectivity index is 1.53. The van der Waals surface area contributed by atoms with E-state index in [0.717, 1.165) is 28.2 Å². The standard InChI is InChI=1S/C21H16F2N4O/c22-13-3-6-17(18(23)11-13)19(24)21(28)27-14-4-1-12(2-5-14)15-7-9-25-20-16(15)8-10-26-20/h1-11,19H,24H2,(H,25,26)(H,27,28). The van der Waals surface area contributed by atoms with Crippen LogP contribution in [0, 0.1) is 11.6 Å². The first-order valence-corrected chi connectivity index (χ1v) is 8.57. The van der Waals surface area contributed by atoms with Gasteiger partial charge in [0, 0.05) is 35.1 Å². The van der Waals surface area contributed by atoms with Crippen LogP contribution in [0.4, 0.5) is 14.5 Å². The van der Waals surface area contributed by atoms with E-state index in [1.54, 1.807) is 18.3 Å². The van der Waals surface area contributed by atoms with E-state index in [-0.39, 0.29) is 5.56 Å². The second kappa shape index (κ2) is 7.21. The van der Waals surface area contributed by atoms with E-state index in [1.165, 1.54) is 6.07 Å². The summed E-state index contributed by atoms with van der Waals surface area (Å²) in [6.07, 6.45) is 3.55. The molecule has 140 valence electrons. The molecule has 2 heterocycles. The molecule has 2 aromatic heterocycles. The van der Waals surface area contributed by atoms with Gasteiger partial charge in [0.25, 0.3) is 0 Å². The van der Waals surface area contributed by atoms with Crippen LogP contribution in [0.1, 0.15) is 11.6 Å².